The molecule has 9 heteroatoms. The first-order valence-electron chi connectivity index (χ1n) is 10.6. The topological polar surface area (TPSA) is 91.0 Å². The van der Waals surface area contributed by atoms with Gasteiger partial charge in [-0.15, -0.1) is 10.2 Å². The minimum atomic E-state index is -0.779. The third-order valence-corrected chi connectivity index (χ3v) is 6.00. The molecule has 3 aromatic rings. The number of H-pyrrole nitrogens is 1. The third-order valence-electron chi connectivity index (χ3n) is 6.00. The molecule has 1 aliphatic rings. The lowest BCUT2D eigenvalue weighted by Gasteiger charge is -2.40. The molecule has 0 saturated carbocycles. The van der Waals surface area contributed by atoms with Gasteiger partial charge in [-0.05, 0) is 38.8 Å². The fraction of sp³-hybridized carbons (Fsp3) is 0.571. The molecule has 3 aromatic heterocycles. The summed E-state index contributed by atoms with van der Waals surface area (Å²) in [5, 5.41) is 24.6. The summed E-state index contributed by atoms with van der Waals surface area (Å²) < 4.78 is 3.84. The molecule has 0 unspecified atom stereocenters. The Balaban J connectivity index is 1.60. The number of nitrogens with zero attached hydrogens (tertiary/aromatic N) is 7. The number of anilines is 1. The molecular weight excluding hydrogens is 380 g/mol. The number of hydrogen-bond acceptors (Lipinski definition) is 6. The van der Waals surface area contributed by atoms with E-state index in [1.165, 1.54) is 0 Å². The minimum absolute atomic E-state index is 0.465. The molecule has 1 aliphatic heterocycles. The monoisotopic (exact) mass is 412 g/mol. The largest absolute Gasteiger partial charge is 0.388 e. The van der Waals surface area contributed by atoms with Crippen LogP contribution in [-0.4, -0.2) is 71.3 Å². The molecule has 0 amide bonds. The van der Waals surface area contributed by atoms with Crippen molar-refractivity contribution in [2.24, 2.45) is 7.05 Å². The Morgan fingerprint density at radius 1 is 1.27 bits per heavy atom. The summed E-state index contributed by atoms with van der Waals surface area (Å²) in [5.74, 6) is 1.48. The van der Waals surface area contributed by atoms with Gasteiger partial charge in [0.05, 0.1) is 24.0 Å². The van der Waals surface area contributed by atoms with E-state index in [-0.39, 0.29) is 0 Å². The highest BCUT2D eigenvalue weighted by atomic mass is 16.3. The number of rotatable bonds is 7. The summed E-state index contributed by atoms with van der Waals surface area (Å²) in [6.07, 6.45) is 7.21. The minimum Gasteiger partial charge on any atom is -0.388 e. The van der Waals surface area contributed by atoms with Crippen LogP contribution in [0.3, 0.4) is 0 Å². The summed E-state index contributed by atoms with van der Waals surface area (Å²) in [6.45, 7) is 7.34. The zero-order chi connectivity index (χ0) is 21.3. The number of aryl methyl sites for hydroxylation is 1. The highest BCUT2D eigenvalue weighted by Crippen LogP contribution is 2.30. The molecular formula is C21H32N8O. The molecule has 30 heavy (non-hydrogen) atoms. The molecule has 0 aromatic carbocycles. The molecule has 162 valence electrons. The zero-order valence-electron chi connectivity index (χ0n) is 18.3. The van der Waals surface area contributed by atoms with Crippen LogP contribution in [0.5, 0.6) is 0 Å². The molecule has 0 bridgehead atoms. The van der Waals surface area contributed by atoms with Gasteiger partial charge in [-0.1, -0.05) is 0 Å². The number of piperidine rings is 1. The van der Waals surface area contributed by atoms with Gasteiger partial charge < -0.3 is 19.9 Å². The first-order valence-corrected chi connectivity index (χ1v) is 10.6. The Bertz CT molecular complexity index is 950. The average Bonchev–Trinajstić information content (AvgIpc) is 3.43. The maximum absolute atomic E-state index is 11.4. The summed E-state index contributed by atoms with van der Waals surface area (Å²) in [7, 11) is 3.91. The number of likely N-dealkylation sites (tertiary alicyclic amines) is 1. The molecule has 1 fully saturated rings. The SMILES string of the molecule is CC(C)N1CCC(O)(Cn2c(-c3ccc[nH]3)nnc2N(C)Cc2cnn(C)c2)CC1. The number of nitrogens with one attached hydrogen (secondary N) is 1. The third kappa shape index (κ3) is 4.27. The van der Waals surface area contributed by atoms with Gasteiger partial charge in [0.2, 0.25) is 5.95 Å². The number of hydrogen-bond donors (Lipinski definition) is 2. The second kappa shape index (κ2) is 8.23. The van der Waals surface area contributed by atoms with E-state index in [0.29, 0.717) is 19.1 Å². The van der Waals surface area contributed by atoms with Crippen LogP contribution < -0.4 is 4.90 Å². The lowest BCUT2D eigenvalue weighted by atomic mass is 9.90. The highest BCUT2D eigenvalue weighted by molar-refractivity contribution is 5.53. The van der Waals surface area contributed by atoms with E-state index in [2.05, 4.69) is 43.9 Å². The Kier molecular flexibility index (Phi) is 5.66. The Morgan fingerprint density at radius 3 is 2.63 bits per heavy atom. The normalized spacial score (nSPS) is 17.0. The average molecular weight is 413 g/mol. The summed E-state index contributed by atoms with van der Waals surface area (Å²) in [4.78, 5) is 7.70. The molecule has 0 spiro atoms. The van der Waals surface area contributed by atoms with Crippen molar-refractivity contribution in [3.63, 3.8) is 0 Å². The van der Waals surface area contributed by atoms with Crippen LogP contribution in [0.2, 0.25) is 0 Å². The predicted octanol–water partition coefficient (Wildman–Crippen LogP) is 1.88. The first kappa shape index (κ1) is 20.6. The zero-order valence-corrected chi connectivity index (χ0v) is 18.3. The van der Waals surface area contributed by atoms with Crippen molar-refractivity contribution in [2.75, 3.05) is 25.0 Å². The van der Waals surface area contributed by atoms with Gasteiger partial charge >= 0.3 is 0 Å². The number of aromatic nitrogens is 6. The van der Waals surface area contributed by atoms with E-state index >= 15 is 0 Å². The van der Waals surface area contributed by atoms with Crippen molar-refractivity contribution < 1.29 is 5.11 Å². The molecule has 0 atom stereocenters. The summed E-state index contributed by atoms with van der Waals surface area (Å²) in [6, 6.07) is 4.43. The van der Waals surface area contributed by atoms with E-state index in [9.17, 15) is 5.11 Å². The second-order valence-corrected chi connectivity index (χ2v) is 8.73. The van der Waals surface area contributed by atoms with Crippen LogP contribution in [-0.2, 0) is 20.1 Å². The van der Waals surface area contributed by atoms with Crippen LogP contribution in [0.15, 0.2) is 30.7 Å². The van der Waals surface area contributed by atoms with Gasteiger partial charge in [-0.3, -0.25) is 9.25 Å². The number of aromatic amines is 1. The summed E-state index contributed by atoms with van der Waals surface area (Å²) >= 11 is 0. The van der Waals surface area contributed by atoms with Crippen LogP contribution in [0.1, 0.15) is 32.3 Å². The molecule has 0 aliphatic carbocycles. The summed E-state index contributed by atoms with van der Waals surface area (Å²) in [5.41, 5.74) is 1.21. The van der Waals surface area contributed by atoms with Gasteiger partial charge in [0.1, 0.15) is 0 Å². The lowest BCUT2D eigenvalue weighted by molar-refractivity contribution is -0.0394. The van der Waals surface area contributed by atoms with Crippen LogP contribution in [0, 0.1) is 0 Å². The van der Waals surface area contributed by atoms with Crippen LogP contribution >= 0.6 is 0 Å². The van der Waals surface area contributed by atoms with Crippen molar-refractivity contribution in [2.45, 2.75) is 51.4 Å². The van der Waals surface area contributed by atoms with Crippen molar-refractivity contribution in [3.05, 3.63) is 36.3 Å². The molecule has 9 nitrogen and oxygen atoms in total. The van der Waals surface area contributed by atoms with Crippen molar-refractivity contribution in [1.29, 1.82) is 0 Å². The smallest absolute Gasteiger partial charge is 0.227 e. The number of aliphatic hydroxyl groups is 1. The molecule has 4 rings (SSSR count). The van der Waals surface area contributed by atoms with Gasteiger partial charge in [-0.2, -0.15) is 5.10 Å². The van der Waals surface area contributed by atoms with Gasteiger partial charge in [0, 0.05) is 57.7 Å². The van der Waals surface area contributed by atoms with E-state index in [0.717, 1.165) is 49.0 Å². The Labute approximate surface area is 177 Å². The lowest BCUT2D eigenvalue weighted by Crippen LogP contribution is -2.49. The quantitative estimate of drug-likeness (QED) is 0.616. The van der Waals surface area contributed by atoms with Crippen molar-refractivity contribution in [1.82, 2.24) is 34.4 Å². The van der Waals surface area contributed by atoms with Crippen LogP contribution in [0.25, 0.3) is 11.5 Å². The standard InChI is InChI=1S/C21H32N8O/c1-16(2)28-10-7-21(30,8-11-28)15-29-19(18-6-5-9-22-18)24-25-20(29)26(3)13-17-12-23-27(4)14-17/h5-6,9,12,14,16,22,30H,7-8,10-11,13,15H2,1-4H3. The molecule has 2 N–H and O–H groups in total. The van der Waals surface area contributed by atoms with Gasteiger partial charge in [-0.25, -0.2) is 0 Å². The fourth-order valence-corrected chi connectivity index (χ4v) is 4.20. The molecule has 1 saturated heterocycles. The first-order chi connectivity index (χ1) is 14.3. The Morgan fingerprint density at radius 2 is 2.03 bits per heavy atom. The van der Waals surface area contributed by atoms with E-state index in [4.69, 9.17) is 0 Å². The van der Waals surface area contributed by atoms with E-state index in [1.807, 2.05) is 49.4 Å². The van der Waals surface area contributed by atoms with Crippen LogP contribution in [0.4, 0.5) is 5.95 Å². The van der Waals surface area contributed by atoms with Gasteiger partial charge in [0.15, 0.2) is 5.82 Å². The fourth-order valence-electron chi connectivity index (χ4n) is 4.20. The van der Waals surface area contributed by atoms with Crippen molar-refractivity contribution >= 4 is 5.95 Å². The Hall–Kier alpha value is -2.65. The molecule has 4 heterocycles. The maximum Gasteiger partial charge on any atom is 0.227 e. The second-order valence-electron chi connectivity index (χ2n) is 8.73. The highest BCUT2D eigenvalue weighted by Gasteiger charge is 2.35. The van der Waals surface area contributed by atoms with Crippen molar-refractivity contribution in [3.8, 4) is 11.5 Å². The predicted molar refractivity (Wildman–Crippen MR) is 116 cm³/mol. The van der Waals surface area contributed by atoms with E-state index < -0.39 is 5.60 Å². The molecule has 0 radical (unpaired) electrons. The maximum atomic E-state index is 11.4. The van der Waals surface area contributed by atoms with E-state index in [1.54, 1.807) is 4.68 Å². The van der Waals surface area contributed by atoms with Gasteiger partial charge in [0.25, 0.3) is 0 Å².